The zero-order chi connectivity index (χ0) is 14.0. The molecule has 1 aromatic carbocycles. The lowest BCUT2D eigenvalue weighted by atomic mass is 9.98. The van der Waals surface area contributed by atoms with Crippen molar-refractivity contribution in [1.82, 2.24) is 5.32 Å². The Morgan fingerprint density at radius 1 is 1.42 bits per heavy atom. The summed E-state index contributed by atoms with van der Waals surface area (Å²) in [7, 11) is 0. The minimum atomic E-state index is -1.23. The lowest BCUT2D eigenvalue weighted by Crippen LogP contribution is -2.54. The van der Waals surface area contributed by atoms with Crippen LogP contribution in [0.4, 0.5) is 0 Å². The van der Waals surface area contributed by atoms with Gasteiger partial charge in [-0.1, -0.05) is 15.9 Å². The molecule has 1 saturated heterocycles. The number of hydrogen-bond acceptors (Lipinski definition) is 4. The number of carbonyl (C=O) groups is 2. The molecule has 1 atom stereocenters. The van der Waals surface area contributed by atoms with Gasteiger partial charge in [0.05, 0.1) is 5.56 Å². The van der Waals surface area contributed by atoms with E-state index in [4.69, 9.17) is 0 Å². The zero-order valence-corrected chi connectivity index (χ0v) is 12.3. The lowest BCUT2D eigenvalue weighted by Gasteiger charge is -2.24. The number of amides is 1. The van der Waals surface area contributed by atoms with Crippen molar-refractivity contribution < 1.29 is 19.8 Å². The summed E-state index contributed by atoms with van der Waals surface area (Å²) in [5.41, 5.74) is -1.16. The summed E-state index contributed by atoms with van der Waals surface area (Å²) in [6.45, 7) is 0. The Morgan fingerprint density at radius 2 is 2.16 bits per heavy atom. The smallest absolute Gasteiger partial charge is 0.330 e. The third kappa shape index (κ3) is 2.87. The molecular weight excluding hydrogens is 334 g/mol. The van der Waals surface area contributed by atoms with E-state index < -0.39 is 17.4 Å². The molecule has 1 aliphatic heterocycles. The minimum absolute atomic E-state index is 0.0701. The van der Waals surface area contributed by atoms with E-state index in [9.17, 15) is 19.8 Å². The van der Waals surface area contributed by atoms with Crippen LogP contribution in [0.25, 0.3) is 0 Å². The van der Waals surface area contributed by atoms with Crippen molar-refractivity contribution in [2.24, 2.45) is 0 Å². The van der Waals surface area contributed by atoms with Crippen molar-refractivity contribution in [2.45, 2.75) is 12.0 Å². The van der Waals surface area contributed by atoms with Gasteiger partial charge in [0.15, 0.2) is 0 Å². The normalized spacial score (nSPS) is 22.2. The molecule has 1 unspecified atom stereocenters. The summed E-state index contributed by atoms with van der Waals surface area (Å²) in [5.74, 6) is -0.764. The second-order valence-corrected chi connectivity index (χ2v) is 6.33. The molecule has 19 heavy (non-hydrogen) atoms. The highest BCUT2D eigenvalue weighted by atomic mass is 79.9. The average Bonchev–Trinajstić information content (AvgIpc) is 2.78. The molecule has 0 radical (unpaired) electrons. The molecule has 0 spiro atoms. The van der Waals surface area contributed by atoms with Crippen molar-refractivity contribution in [1.29, 1.82) is 0 Å². The first kappa shape index (κ1) is 14.2. The van der Waals surface area contributed by atoms with Gasteiger partial charge in [-0.2, -0.15) is 11.8 Å². The van der Waals surface area contributed by atoms with Crippen molar-refractivity contribution in [3.8, 4) is 5.75 Å². The Kier molecular flexibility index (Phi) is 4.05. The first-order valence-corrected chi connectivity index (χ1v) is 7.51. The fourth-order valence-corrected chi connectivity index (χ4v) is 3.54. The molecule has 1 aliphatic rings. The molecule has 2 rings (SSSR count). The van der Waals surface area contributed by atoms with Crippen LogP contribution in [-0.4, -0.2) is 39.1 Å². The highest BCUT2D eigenvalue weighted by Crippen LogP contribution is 2.29. The first-order valence-electron chi connectivity index (χ1n) is 5.57. The topological polar surface area (TPSA) is 86.6 Å². The van der Waals surface area contributed by atoms with Crippen LogP contribution >= 0.6 is 27.7 Å². The van der Waals surface area contributed by atoms with E-state index in [1.165, 1.54) is 23.9 Å². The summed E-state index contributed by atoms with van der Waals surface area (Å²) in [5, 5.41) is 21.5. The third-order valence-corrected chi connectivity index (χ3v) is 4.67. The van der Waals surface area contributed by atoms with Crippen LogP contribution in [-0.2, 0) is 4.79 Å². The van der Waals surface area contributed by atoms with Crippen LogP contribution in [0.5, 0.6) is 5.75 Å². The number of thioether (sulfide) groups is 1. The van der Waals surface area contributed by atoms with E-state index in [0.717, 1.165) is 0 Å². The number of phenolic OH excluding ortho intramolecular Hbond substituents is 1. The zero-order valence-electron chi connectivity index (χ0n) is 9.85. The van der Waals surface area contributed by atoms with E-state index in [1.54, 1.807) is 6.07 Å². The predicted molar refractivity (Wildman–Crippen MR) is 75.6 cm³/mol. The van der Waals surface area contributed by atoms with Crippen molar-refractivity contribution in [3.05, 3.63) is 28.2 Å². The van der Waals surface area contributed by atoms with E-state index in [0.29, 0.717) is 22.4 Å². The fourth-order valence-electron chi connectivity index (χ4n) is 1.87. The highest BCUT2D eigenvalue weighted by molar-refractivity contribution is 9.10. The van der Waals surface area contributed by atoms with Crippen molar-refractivity contribution >= 4 is 39.6 Å². The molecule has 1 amide bonds. The maximum absolute atomic E-state index is 12.1. The monoisotopic (exact) mass is 345 g/mol. The van der Waals surface area contributed by atoms with Crippen LogP contribution < -0.4 is 5.32 Å². The molecular formula is C12H12BrNO4S. The standard InChI is InChI=1S/C12H12BrNO4S/c13-7-1-2-8(9(15)5-7)10(16)14-12(11(17)18)3-4-19-6-12/h1-2,5,15H,3-4,6H2,(H,14,16)(H,17,18). The maximum atomic E-state index is 12.1. The molecule has 0 bridgehead atoms. The first-order chi connectivity index (χ1) is 8.94. The molecule has 0 saturated carbocycles. The molecule has 0 aromatic heterocycles. The number of carboxylic acid groups (broad SMARTS) is 1. The summed E-state index contributed by atoms with van der Waals surface area (Å²) in [6, 6.07) is 4.46. The highest BCUT2D eigenvalue weighted by Gasteiger charge is 2.43. The van der Waals surface area contributed by atoms with Gasteiger partial charge in [-0.25, -0.2) is 4.79 Å². The Balaban J connectivity index is 2.22. The Labute approximate surface area is 122 Å². The number of rotatable bonds is 3. The molecule has 0 aliphatic carbocycles. The van der Waals surface area contributed by atoms with E-state index in [-0.39, 0.29) is 11.3 Å². The molecule has 3 N–H and O–H groups in total. The second kappa shape index (κ2) is 5.42. The van der Waals surface area contributed by atoms with Crippen LogP contribution in [0.2, 0.25) is 0 Å². The van der Waals surface area contributed by atoms with Gasteiger partial charge >= 0.3 is 5.97 Å². The SMILES string of the molecule is O=C(NC1(C(=O)O)CCSC1)c1ccc(Br)cc1O. The van der Waals surface area contributed by atoms with E-state index in [1.807, 2.05) is 0 Å². The van der Waals surface area contributed by atoms with Crippen LogP contribution in [0.1, 0.15) is 16.8 Å². The minimum Gasteiger partial charge on any atom is -0.507 e. The number of aromatic hydroxyl groups is 1. The number of halogens is 1. The summed E-state index contributed by atoms with van der Waals surface area (Å²) >= 11 is 4.67. The Hall–Kier alpha value is -1.21. The average molecular weight is 346 g/mol. The maximum Gasteiger partial charge on any atom is 0.330 e. The molecule has 102 valence electrons. The predicted octanol–water partition coefficient (Wildman–Crippen LogP) is 1.84. The van der Waals surface area contributed by atoms with Gasteiger partial charge < -0.3 is 15.5 Å². The second-order valence-electron chi connectivity index (χ2n) is 4.31. The summed E-state index contributed by atoms with van der Waals surface area (Å²) in [6.07, 6.45) is 0.385. The number of nitrogens with one attached hydrogen (secondary N) is 1. The van der Waals surface area contributed by atoms with Gasteiger partial charge in [0.1, 0.15) is 11.3 Å². The van der Waals surface area contributed by atoms with Crippen LogP contribution in [0, 0.1) is 0 Å². The van der Waals surface area contributed by atoms with Gasteiger partial charge in [0, 0.05) is 10.2 Å². The Bertz CT molecular complexity index is 528. The molecule has 5 nitrogen and oxygen atoms in total. The number of aliphatic carboxylic acids is 1. The summed E-state index contributed by atoms with van der Waals surface area (Å²) < 4.78 is 0.644. The van der Waals surface area contributed by atoms with E-state index in [2.05, 4.69) is 21.2 Å². The van der Waals surface area contributed by atoms with Crippen molar-refractivity contribution in [3.63, 3.8) is 0 Å². The molecule has 1 aromatic rings. The molecule has 1 heterocycles. The number of carboxylic acids is 1. The van der Waals surface area contributed by atoms with Crippen LogP contribution in [0.15, 0.2) is 22.7 Å². The molecule has 7 heteroatoms. The quantitative estimate of drug-likeness (QED) is 0.778. The Morgan fingerprint density at radius 3 is 2.68 bits per heavy atom. The summed E-state index contributed by atoms with van der Waals surface area (Å²) in [4.78, 5) is 23.4. The third-order valence-electron chi connectivity index (χ3n) is 2.99. The van der Waals surface area contributed by atoms with Crippen molar-refractivity contribution in [2.75, 3.05) is 11.5 Å². The van der Waals surface area contributed by atoms with Gasteiger partial charge in [-0.3, -0.25) is 4.79 Å². The largest absolute Gasteiger partial charge is 0.507 e. The number of phenols is 1. The molecule has 1 fully saturated rings. The van der Waals surface area contributed by atoms with Crippen LogP contribution in [0.3, 0.4) is 0 Å². The van der Waals surface area contributed by atoms with E-state index >= 15 is 0 Å². The number of carbonyl (C=O) groups excluding carboxylic acids is 1. The van der Waals surface area contributed by atoms with Gasteiger partial charge in [0.25, 0.3) is 5.91 Å². The van der Waals surface area contributed by atoms with Gasteiger partial charge in [-0.05, 0) is 30.4 Å². The number of benzene rings is 1. The lowest BCUT2D eigenvalue weighted by molar-refractivity contribution is -0.143. The van der Waals surface area contributed by atoms with Gasteiger partial charge in [0.2, 0.25) is 0 Å². The fraction of sp³-hybridized carbons (Fsp3) is 0.333. The van der Waals surface area contributed by atoms with Gasteiger partial charge in [-0.15, -0.1) is 0 Å². The number of hydrogen-bond donors (Lipinski definition) is 3.